The number of H-pyrrole nitrogens is 1. The molecular formula is C20H21N5O. The van der Waals surface area contributed by atoms with E-state index in [0.29, 0.717) is 6.04 Å². The molecule has 132 valence electrons. The van der Waals surface area contributed by atoms with E-state index in [4.69, 9.17) is 5.10 Å². The van der Waals surface area contributed by atoms with Crippen molar-refractivity contribution in [1.29, 1.82) is 0 Å². The van der Waals surface area contributed by atoms with Crippen LogP contribution in [-0.2, 0) is 0 Å². The van der Waals surface area contributed by atoms with Crippen LogP contribution >= 0.6 is 0 Å². The molecule has 3 N–H and O–H groups in total. The number of imidazole rings is 1. The van der Waals surface area contributed by atoms with Gasteiger partial charge in [-0.05, 0) is 56.0 Å². The molecule has 0 bridgehead atoms. The summed E-state index contributed by atoms with van der Waals surface area (Å²) in [6.45, 7) is 0. The number of aliphatic hydroxyl groups is 1. The fourth-order valence-corrected chi connectivity index (χ4v) is 3.79. The smallest absolute Gasteiger partial charge is 0.154 e. The van der Waals surface area contributed by atoms with Crippen molar-refractivity contribution < 1.29 is 5.11 Å². The van der Waals surface area contributed by atoms with Gasteiger partial charge in [0.25, 0.3) is 0 Å². The third-order valence-electron chi connectivity index (χ3n) is 5.26. The molecule has 3 aromatic heterocycles. The van der Waals surface area contributed by atoms with Gasteiger partial charge in [-0.25, -0.2) is 9.50 Å². The number of anilines is 1. The number of benzene rings is 1. The molecule has 0 unspecified atom stereocenters. The van der Waals surface area contributed by atoms with E-state index in [1.807, 2.05) is 29.0 Å². The highest BCUT2D eigenvalue weighted by Crippen LogP contribution is 2.26. The van der Waals surface area contributed by atoms with E-state index in [1.54, 1.807) is 0 Å². The molecule has 0 aliphatic heterocycles. The number of aromatic amines is 1. The van der Waals surface area contributed by atoms with E-state index in [1.165, 1.54) is 5.39 Å². The molecule has 1 aliphatic rings. The lowest BCUT2D eigenvalue weighted by Gasteiger charge is -2.26. The second-order valence-electron chi connectivity index (χ2n) is 7.06. The molecule has 1 saturated carbocycles. The molecule has 6 nitrogen and oxygen atoms in total. The van der Waals surface area contributed by atoms with Crippen molar-refractivity contribution in [1.82, 2.24) is 19.6 Å². The first-order valence-corrected chi connectivity index (χ1v) is 9.13. The minimum absolute atomic E-state index is 0.146. The third kappa shape index (κ3) is 2.72. The molecular weight excluding hydrogens is 326 g/mol. The lowest BCUT2D eigenvalue weighted by molar-refractivity contribution is 0.126. The average molecular weight is 347 g/mol. The molecule has 0 radical (unpaired) electrons. The third-order valence-corrected chi connectivity index (χ3v) is 5.26. The maximum absolute atomic E-state index is 9.67. The van der Waals surface area contributed by atoms with Gasteiger partial charge in [0.1, 0.15) is 5.82 Å². The fourth-order valence-electron chi connectivity index (χ4n) is 3.79. The van der Waals surface area contributed by atoms with Gasteiger partial charge in [0.2, 0.25) is 0 Å². The van der Waals surface area contributed by atoms with Crippen molar-refractivity contribution in [3.8, 4) is 11.3 Å². The monoisotopic (exact) mass is 347 g/mol. The maximum Gasteiger partial charge on any atom is 0.154 e. The summed E-state index contributed by atoms with van der Waals surface area (Å²) in [6.07, 6.45) is 7.33. The second kappa shape index (κ2) is 6.14. The summed E-state index contributed by atoms with van der Waals surface area (Å²) in [7, 11) is 0. The van der Waals surface area contributed by atoms with Crippen molar-refractivity contribution >= 4 is 22.4 Å². The maximum atomic E-state index is 9.67. The Morgan fingerprint density at radius 2 is 1.96 bits per heavy atom. The van der Waals surface area contributed by atoms with E-state index in [0.717, 1.165) is 53.9 Å². The van der Waals surface area contributed by atoms with Crippen LogP contribution in [0.2, 0.25) is 0 Å². The first-order chi connectivity index (χ1) is 12.8. The predicted molar refractivity (Wildman–Crippen MR) is 102 cm³/mol. The summed E-state index contributed by atoms with van der Waals surface area (Å²) in [5, 5.41) is 19.1. The zero-order valence-electron chi connectivity index (χ0n) is 14.4. The fraction of sp³-hybridized carbons (Fsp3) is 0.300. The normalized spacial score (nSPS) is 20.7. The zero-order valence-corrected chi connectivity index (χ0v) is 14.4. The second-order valence-corrected chi connectivity index (χ2v) is 7.06. The number of aromatic nitrogens is 4. The highest BCUT2D eigenvalue weighted by Gasteiger charge is 2.19. The Labute approximate surface area is 150 Å². The lowest BCUT2D eigenvalue weighted by atomic mass is 9.93. The summed E-state index contributed by atoms with van der Waals surface area (Å²) in [6, 6.07) is 12.7. The standard InChI is InChI=1S/C20H21N5O/c26-16-4-2-15(3-5-16)23-19-7-8-20-22-12-18(25(20)24-19)14-1-6-17-13(11-14)9-10-21-17/h1,6-12,15-16,21,26H,2-5H2,(H,23,24). The van der Waals surface area contributed by atoms with E-state index in [2.05, 4.69) is 39.6 Å². The first-order valence-electron chi connectivity index (χ1n) is 9.13. The highest BCUT2D eigenvalue weighted by molar-refractivity contribution is 5.84. The number of nitrogens with one attached hydrogen (secondary N) is 2. The minimum atomic E-state index is -0.146. The van der Waals surface area contributed by atoms with Crippen LogP contribution in [0.4, 0.5) is 5.82 Å². The highest BCUT2D eigenvalue weighted by atomic mass is 16.3. The van der Waals surface area contributed by atoms with Crippen LogP contribution in [0.5, 0.6) is 0 Å². The van der Waals surface area contributed by atoms with Crippen molar-refractivity contribution in [2.24, 2.45) is 0 Å². The van der Waals surface area contributed by atoms with Crippen LogP contribution in [0.1, 0.15) is 25.7 Å². The van der Waals surface area contributed by atoms with Gasteiger partial charge in [-0.3, -0.25) is 0 Å². The molecule has 26 heavy (non-hydrogen) atoms. The van der Waals surface area contributed by atoms with Crippen molar-refractivity contribution in [3.63, 3.8) is 0 Å². The van der Waals surface area contributed by atoms with Crippen LogP contribution in [0, 0.1) is 0 Å². The molecule has 0 atom stereocenters. The SMILES string of the molecule is OC1CCC(Nc2ccc3ncc(-c4ccc5[nH]ccc5c4)n3n2)CC1. The minimum Gasteiger partial charge on any atom is -0.393 e. The van der Waals surface area contributed by atoms with E-state index < -0.39 is 0 Å². The Kier molecular flexibility index (Phi) is 3.64. The van der Waals surface area contributed by atoms with Gasteiger partial charge in [-0.15, -0.1) is 5.10 Å². The molecule has 1 aliphatic carbocycles. The first kappa shape index (κ1) is 15.4. The van der Waals surface area contributed by atoms with Crippen molar-refractivity contribution in [2.75, 3.05) is 5.32 Å². The Morgan fingerprint density at radius 1 is 1.08 bits per heavy atom. The van der Waals surface area contributed by atoms with Gasteiger partial charge in [-0.1, -0.05) is 6.07 Å². The van der Waals surface area contributed by atoms with Gasteiger partial charge >= 0.3 is 0 Å². The quantitative estimate of drug-likeness (QED) is 0.529. The predicted octanol–water partition coefficient (Wildman–Crippen LogP) is 3.59. The molecule has 0 saturated heterocycles. The van der Waals surface area contributed by atoms with Gasteiger partial charge in [-0.2, -0.15) is 0 Å². The van der Waals surface area contributed by atoms with E-state index in [9.17, 15) is 5.11 Å². The number of nitrogens with zero attached hydrogens (tertiary/aromatic N) is 3. The van der Waals surface area contributed by atoms with Crippen LogP contribution in [-0.4, -0.2) is 36.8 Å². The molecule has 5 rings (SSSR count). The largest absolute Gasteiger partial charge is 0.393 e. The average Bonchev–Trinajstić information content (AvgIpc) is 3.29. The number of hydrogen-bond donors (Lipinski definition) is 3. The molecule has 6 heteroatoms. The zero-order chi connectivity index (χ0) is 17.5. The molecule has 1 fully saturated rings. The van der Waals surface area contributed by atoms with Gasteiger partial charge < -0.3 is 15.4 Å². The molecule has 3 heterocycles. The molecule has 4 aromatic rings. The number of rotatable bonds is 3. The summed E-state index contributed by atoms with van der Waals surface area (Å²) in [5.74, 6) is 0.848. The Bertz CT molecular complexity index is 1060. The van der Waals surface area contributed by atoms with Gasteiger partial charge in [0.15, 0.2) is 5.65 Å². The lowest BCUT2D eigenvalue weighted by Crippen LogP contribution is -2.28. The number of fused-ring (bicyclic) bond motifs is 2. The van der Waals surface area contributed by atoms with Crippen LogP contribution in [0.15, 0.2) is 48.8 Å². The number of hydrogen-bond acceptors (Lipinski definition) is 4. The van der Waals surface area contributed by atoms with Gasteiger partial charge in [0, 0.05) is 28.7 Å². The Morgan fingerprint density at radius 3 is 2.85 bits per heavy atom. The Hall–Kier alpha value is -2.86. The van der Waals surface area contributed by atoms with Crippen molar-refractivity contribution in [2.45, 2.75) is 37.8 Å². The summed E-state index contributed by atoms with van der Waals surface area (Å²) in [4.78, 5) is 7.71. The van der Waals surface area contributed by atoms with Crippen LogP contribution < -0.4 is 5.32 Å². The summed E-state index contributed by atoms with van der Waals surface area (Å²) in [5.41, 5.74) is 4.03. The number of aliphatic hydroxyl groups excluding tert-OH is 1. The summed E-state index contributed by atoms with van der Waals surface area (Å²) < 4.78 is 1.90. The molecule has 0 amide bonds. The summed E-state index contributed by atoms with van der Waals surface area (Å²) >= 11 is 0. The van der Waals surface area contributed by atoms with E-state index >= 15 is 0 Å². The molecule has 0 spiro atoms. The Balaban J connectivity index is 1.48. The van der Waals surface area contributed by atoms with Crippen molar-refractivity contribution in [3.05, 3.63) is 48.8 Å². The van der Waals surface area contributed by atoms with Crippen LogP contribution in [0.25, 0.3) is 27.8 Å². The van der Waals surface area contributed by atoms with Crippen LogP contribution in [0.3, 0.4) is 0 Å². The topological polar surface area (TPSA) is 78.2 Å². The molecule has 1 aromatic carbocycles. The van der Waals surface area contributed by atoms with Gasteiger partial charge in [0.05, 0.1) is 18.0 Å². The van der Waals surface area contributed by atoms with E-state index in [-0.39, 0.29) is 6.10 Å².